The first-order valence-corrected chi connectivity index (χ1v) is 8.01. The zero-order chi connectivity index (χ0) is 17.4. The van der Waals surface area contributed by atoms with Gasteiger partial charge in [-0.2, -0.15) is 0 Å². The molecule has 1 N–H and O–H groups in total. The number of carbonyl (C=O) groups excluding carboxylic acids is 2. The van der Waals surface area contributed by atoms with Crippen LogP contribution in [0.1, 0.15) is 26.8 Å². The van der Waals surface area contributed by atoms with Gasteiger partial charge < -0.3 is 24.3 Å². The van der Waals surface area contributed by atoms with E-state index in [0.29, 0.717) is 49.2 Å². The second-order valence-electron chi connectivity index (χ2n) is 5.73. The molecular weight excluding hydrogens is 326 g/mol. The predicted molar refractivity (Wildman–Crippen MR) is 85.6 cm³/mol. The molecule has 4 rings (SSSR count). The monoisotopic (exact) mass is 343 g/mol. The molecule has 2 aliphatic heterocycles. The minimum Gasteiger partial charge on any atom is -0.486 e. The maximum absolute atomic E-state index is 12.9. The number of benzene rings is 1. The topological polar surface area (TPSA) is 98.6 Å². The summed E-state index contributed by atoms with van der Waals surface area (Å²) in [4.78, 5) is 26.4. The Morgan fingerprint density at radius 2 is 2.00 bits per heavy atom. The lowest BCUT2D eigenvalue weighted by atomic mass is 10.1. The van der Waals surface area contributed by atoms with Crippen LogP contribution in [0.5, 0.6) is 11.5 Å². The van der Waals surface area contributed by atoms with Gasteiger partial charge in [-0.15, -0.1) is 10.2 Å². The predicted octanol–water partition coefficient (Wildman–Crippen LogP) is 0.0649. The second kappa shape index (κ2) is 6.08. The van der Waals surface area contributed by atoms with Gasteiger partial charge in [0.05, 0.1) is 12.1 Å². The maximum Gasteiger partial charge on any atom is 0.288 e. The van der Waals surface area contributed by atoms with Gasteiger partial charge in [0.2, 0.25) is 5.82 Å². The van der Waals surface area contributed by atoms with E-state index < -0.39 is 0 Å². The van der Waals surface area contributed by atoms with E-state index in [1.807, 2.05) is 0 Å². The first kappa shape index (κ1) is 15.4. The maximum atomic E-state index is 12.9. The van der Waals surface area contributed by atoms with Crippen molar-refractivity contribution in [2.45, 2.75) is 13.1 Å². The highest BCUT2D eigenvalue weighted by Crippen LogP contribution is 2.34. The molecule has 0 radical (unpaired) electrons. The van der Waals surface area contributed by atoms with E-state index in [2.05, 4.69) is 15.5 Å². The van der Waals surface area contributed by atoms with Crippen molar-refractivity contribution in [1.82, 2.24) is 25.0 Å². The number of carbonyl (C=O) groups is 2. The smallest absolute Gasteiger partial charge is 0.288 e. The molecule has 2 amide bonds. The molecule has 9 heteroatoms. The fraction of sp³-hybridized carbons (Fsp3) is 0.375. The molecule has 130 valence electrons. The van der Waals surface area contributed by atoms with Crippen molar-refractivity contribution in [3.63, 3.8) is 0 Å². The van der Waals surface area contributed by atoms with Gasteiger partial charge in [-0.05, 0) is 12.1 Å². The average molecular weight is 343 g/mol. The average Bonchev–Trinajstić information content (AvgIpc) is 3.09. The lowest BCUT2D eigenvalue weighted by Gasteiger charge is -2.29. The van der Waals surface area contributed by atoms with Crippen molar-refractivity contribution >= 4 is 11.8 Å². The van der Waals surface area contributed by atoms with Crippen molar-refractivity contribution in [2.24, 2.45) is 0 Å². The number of amides is 2. The third kappa shape index (κ3) is 2.57. The summed E-state index contributed by atoms with van der Waals surface area (Å²) in [5.74, 6) is 1.47. The summed E-state index contributed by atoms with van der Waals surface area (Å²) < 4.78 is 12.9. The van der Waals surface area contributed by atoms with E-state index >= 15 is 0 Å². The van der Waals surface area contributed by atoms with Crippen LogP contribution in [0.15, 0.2) is 18.2 Å². The Labute approximate surface area is 143 Å². The first-order valence-electron chi connectivity index (χ1n) is 8.01. The van der Waals surface area contributed by atoms with Crippen LogP contribution in [0.4, 0.5) is 0 Å². The highest BCUT2D eigenvalue weighted by molar-refractivity contribution is 5.98. The largest absolute Gasteiger partial charge is 0.486 e. The van der Waals surface area contributed by atoms with E-state index in [9.17, 15) is 9.59 Å². The molecule has 0 bridgehead atoms. The van der Waals surface area contributed by atoms with Gasteiger partial charge in [0, 0.05) is 20.1 Å². The highest BCUT2D eigenvalue weighted by Gasteiger charge is 2.29. The lowest BCUT2D eigenvalue weighted by molar-refractivity contribution is 0.0696. The van der Waals surface area contributed by atoms with Crippen LogP contribution in [0.2, 0.25) is 0 Å². The third-order valence-corrected chi connectivity index (χ3v) is 4.27. The molecule has 0 saturated carbocycles. The molecule has 25 heavy (non-hydrogen) atoms. The van der Waals surface area contributed by atoms with Crippen molar-refractivity contribution in [3.05, 3.63) is 35.4 Å². The van der Waals surface area contributed by atoms with Crippen molar-refractivity contribution in [2.75, 3.05) is 26.8 Å². The zero-order valence-electron chi connectivity index (χ0n) is 13.7. The van der Waals surface area contributed by atoms with E-state index in [0.717, 1.165) is 0 Å². The molecule has 3 heterocycles. The number of hydrogen-bond donors (Lipinski definition) is 1. The van der Waals surface area contributed by atoms with Gasteiger partial charge in [0.15, 0.2) is 17.3 Å². The molecule has 2 aliphatic rings. The molecule has 0 atom stereocenters. The highest BCUT2D eigenvalue weighted by atomic mass is 16.6. The molecule has 1 aromatic carbocycles. The van der Waals surface area contributed by atoms with Gasteiger partial charge in [-0.25, -0.2) is 0 Å². The number of nitrogens with zero attached hydrogens (tertiary/aromatic N) is 4. The third-order valence-electron chi connectivity index (χ3n) is 4.27. The van der Waals surface area contributed by atoms with Crippen LogP contribution < -0.4 is 14.8 Å². The molecule has 0 fully saturated rings. The van der Waals surface area contributed by atoms with E-state index in [-0.39, 0.29) is 24.2 Å². The van der Waals surface area contributed by atoms with E-state index in [4.69, 9.17) is 9.47 Å². The summed E-state index contributed by atoms with van der Waals surface area (Å²) in [5.41, 5.74) is 0.469. The van der Waals surface area contributed by atoms with Crippen LogP contribution in [0.3, 0.4) is 0 Å². The molecular formula is C16H17N5O4. The standard InChI is InChI=1S/C16H17N5O4/c1-17-15(22)14-19-18-12-9-20(5-6-21(12)14)16(23)10-3-2-4-11-13(10)25-8-7-24-11/h2-4H,5-9H2,1H3,(H,17,22). The Kier molecular flexibility index (Phi) is 3.75. The molecule has 2 aromatic rings. The number of nitrogens with one attached hydrogen (secondary N) is 1. The number of aromatic nitrogens is 3. The number of para-hydroxylation sites is 1. The quantitative estimate of drug-likeness (QED) is 0.828. The summed E-state index contributed by atoms with van der Waals surface area (Å²) in [6, 6.07) is 5.29. The van der Waals surface area contributed by atoms with Gasteiger partial charge in [-0.3, -0.25) is 9.59 Å². The summed E-state index contributed by atoms with van der Waals surface area (Å²) in [7, 11) is 1.54. The normalized spacial score (nSPS) is 15.5. The van der Waals surface area contributed by atoms with Crippen LogP contribution in [0.25, 0.3) is 0 Å². The Morgan fingerprint density at radius 1 is 1.16 bits per heavy atom. The van der Waals surface area contributed by atoms with Crippen LogP contribution >= 0.6 is 0 Å². The molecule has 0 spiro atoms. The van der Waals surface area contributed by atoms with Crippen molar-refractivity contribution < 1.29 is 19.1 Å². The summed E-state index contributed by atoms with van der Waals surface area (Å²) >= 11 is 0. The Morgan fingerprint density at radius 3 is 2.84 bits per heavy atom. The molecule has 0 saturated heterocycles. The number of rotatable bonds is 2. The van der Waals surface area contributed by atoms with E-state index in [1.165, 1.54) is 0 Å². The lowest BCUT2D eigenvalue weighted by Crippen LogP contribution is -2.40. The number of fused-ring (bicyclic) bond motifs is 2. The summed E-state index contributed by atoms with van der Waals surface area (Å²) in [6.45, 7) is 2.09. The van der Waals surface area contributed by atoms with Crippen molar-refractivity contribution in [1.29, 1.82) is 0 Å². The SMILES string of the molecule is CNC(=O)c1nnc2n1CCN(C(=O)c1cccc3c1OCCO3)C2. The second-order valence-corrected chi connectivity index (χ2v) is 5.73. The fourth-order valence-electron chi connectivity index (χ4n) is 3.02. The Bertz CT molecular complexity index is 847. The van der Waals surface area contributed by atoms with Gasteiger partial charge in [-0.1, -0.05) is 6.07 Å². The fourth-order valence-corrected chi connectivity index (χ4v) is 3.02. The minimum absolute atomic E-state index is 0.155. The van der Waals surface area contributed by atoms with Crippen LogP contribution in [-0.4, -0.2) is 58.3 Å². The Balaban J connectivity index is 1.59. The Hall–Kier alpha value is -3.10. The number of ether oxygens (including phenoxy) is 2. The van der Waals surface area contributed by atoms with Gasteiger partial charge in [0.25, 0.3) is 11.8 Å². The van der Waals surface area contributed by atoms with Gasteiger partial charge >= 0.3 is 0 Å². The van der Waals surface area contributed by atoms with Crippen LogP contribution in [0, 0.1) is 0 Å². The summed E-state index contributed by atoms with van der Waals surface area (Å²) in [6.07, 6.45) is 0. The molecule has 0 unspecified atom stereocenters. The molecule has 9 nitrogen and oxygen atoms in total. The zero-order valence-corrected chi connectivity index (χ0v) is 13.7. The molecule has 1 aromatic heterocycles. The van der Waals surface area contributed by atoms with Crippen molar-refractivity contribution in [3.8, 4) is 11.5 Å². The summed E-state index contributed by atoms with van der Waals surface area (Å²) in [5, 5.41) is 10.5. The minimum atomic E-state index is -0.291. The van der Waals surface area contributed by atoms with E-state index in [1.54, 1.807) is 34.7 Å². The number of hydrogen-bond acceptors (Lipinski definition) is 6. The molecule has 0 aliphatic carbocycles. The van der Waals surface area contributed by atoms with Gasteiger partial charge in [0.1, 0.15) is 13.2 Å². The van der Waals surface area contributed by atoms with Crippen LogP contribution in [-0.2, 0) is 13.1 Å². The first-order chi connectivity index (χ1) is 12.2.